The van der Waals surface area contributed by atoms with E-state index >= 15 is 0 Å². The molecule has 0 spiro atoms. The van der Waals surface area contributed by atoms with E-state index in [-0.39, 0.29) is 5.60 Å². The first-order valence-corrected chi connectivity index (χ1v) is 7.19. The summed E-state index contributed by atoms with van der Waals surface area (Å²) in [5, 5.41) is 0. The third kappa shape index (κ3) is 2.30. The number of rotatable bonds is 2. The van der Waals surface area contributed by atoms with Crippen LogP contribution in [0.4, 0.5) is 0 Å². The molecule has 0 bridgehead atoms. The molecule has 0 amide bonds. The molecule has 2 aliphatic carbocycles. The predicted octanol–water partition coefficient (Wildman–Crippen LogP) is 4.26. The Labute approximate surface area is 101 Å². The first-order valence-electron chi connectivity index (χ1n) is 7.19. The lowest BCUT2D eigenvalue weighted by atomic mass is 9.59. The van der Waals surface area contributed by atoms with Crippen LogP contribution < -0.4 is 0 Å². The second-order valence-corrected chi connectivity index (χ2v) is 6.58. The van der Waals surface area contributed by atoms with Crippen LogP contribution in [-0.4, -0.2) is 12.2 Å². The minimum absolute atomic E-state index is 0.172. The maximum Gasteiger partial charge on any atom is 0.0687 e. The van der Waals surface area contributed by atoms with Gasteiger partial charge < -0.3 is 4.74 Å². The zero-order valence-corrected chi connectivity index (χ0v) is 11.5. The fourth-order valence-corrected chi connectivity index (χ4v) is 4.41. The Morgan fingerprint density at radius 1 is 1.12 bits per heavy atom. The maximum absolute atomic E-state index is 6.16. The lowest BCUT2D eigenvalue weighted by Gasteiger charge is -2.51. The average molecular weight is 224 g/mol. The van der Waals surface area contributed by atoms with E-state index in [0.29, 0.717) is 0 Å². The Balaban J connectivity index is 2.14. The SMILES string of the molecule is CCOC1(C)CC(C)CC2CCC(C)CC21. The Kier molecular flexibility index (Phi) is 3.63. The maximum atomic E-state index is 6.16. The molecule has 0 heterocycles. The van der Waals surface area contributed by atoms with E-state index in [1.54, 1.807) is 0 Å². The van der Waals surface area contributed by atoms with Crippen LogP contribution in [0.5, 0.6) is 0 Å². The molecule has 5 unspecified atom stereocenters. The van der Waals surface area contributed by atoms with Crippen LogP contribution in [0.25, 0.3) is 0 Å². The van der Waals surface area contributed by atoms with Gasteiger partial charge in [0.15, 0.2) is 0 Å². The van der Waals surface area contributed by atoms with Crippen LogP contribution >= 0.6 is 0 Å². The molecule has 0 N–H and O–H groups in total. The third-order valence-corrected chi connectivity index (χ3v) is 4.97. The summed E-state index contributed by atoms with van der Waals surface area (Å²) in [5.41, 5.74) is 0.172. The zero-order chi connectivity index (χ0) is 11.8. The molecule has 0 aromatic carbocycles. The monoisotopic (exact) mass is 224 g/mol. The van der Waals surface area contributed by atoms with Crippen LogP contribution in [0.15, 0.2) is 0 Å². The van der Waals surface area contributed by atoms with E-state index in [9.17, 15) is 0 Å². The highest BCUT2D eigenvalue weighted by Crippen LogP contribution is 2.50. The van der Waals surface area contributed by atoms with Gasteiger partial charge in [-0.15, -0.1) is 0 Å². The molecular weight excluding hydrogens is 196 g/mol. The third-order valence-electron chi connectivity index (χ3n) is 4.97. The van der Waals surface area contributed by atoms with Crippen LogP contribution in [0.2, 0.25) is 0 Å². The Morgan fingerprint density at radius 2 is 1.88 bits per heavy atom. The fraction of sp³-hybridized carbons (Fsp3) is 1.00. The molecule has 0 aromatic heterocycles. The van der Waals surface area contributed by atoms with Gasteiger partial charge in [-0.25, -0.2) is 0 Å². The van der Waals surface area contributed by atoms with Gasteiger partial charge in [-0.2, -0.15) is 0 Å². The second kappa shape index (κ2) is 4.68. The van der Waals surface area contributed by atoms with Gasteiger partial charge in [-0.3, -0.25) is 0 Å². The van der Waals surface area contributed by atoms with Crippen molar-refractivity contribution in [1.82, 2.24) is 0 Å². The van der Waals surface area contributed by atoms with Crippen LogP contribution in [0.1, 0.15) is 59.8 Å². The normalized spacial score (nSPS) is 48.8. The molecule has 0 radical (unpaired) electrons. The van der Waals surface area contributed by atoms with Crippen molar-refractivity contribution in [3.05, 3.63) is 0 Å². The van der Waals surface area contributed by atoms with Crippen molar-refractivity contribution >= 4 is 0 Å². The molecule has 2 aliphatic rings. The van der Waals surface area contributed by atoms with E-state index in [1.165, 1.54) is 32.1 Å². The molecule has 1 heteroatoms. The van der Waals surface area contributed by atoms with Crippen LogP contribution in [0.3, 0.4) is 0 Å². The molecule has 94 valence electrons. The molecular formula is C15H28O. The zero-order valence-electron chi connectivity index (χ0n) is 11.5. The number of hydrogen-bond acceptors (Lipinski definition) is 1. The molecule has 2 fully saturated rings. The summed E-state index contributed by atoms with van der Waals surface area (Å²) in [5.74, 6) is 3.53. The largest absolute Gasteiger partial charge is 0.375 e. The minimum Gasteiger partial charge on any atom is -0.375 e. The summed E-state index contributed by atoms with van der Waals surface area (Å²) in [4.78, 5) is 0. The second-order valence-electron chi connectivity index (χ2n) is 6.58. The van der Waals surface area contributed by atoms with Crippen molar-refractivity contribution in [3.8, 4) is 0 Å². The van der Waals surface area contributed by atoms with Crippen molar-refractivity contribution in [3.63, 3.8) is 0 Å². The van der Waals surface area contributed by atoms with Gasteiger partial charge in [0.2, 0.25) is 0 Å². The first kappa shape index (κ1) is 12.4. The highest BCUT2D eigenvalue weighted by Gasteiger charge is 2.47. The first-order chi connectivity index (χ1) is 7.55. The van der Waals surface area contributed by atoms with Crippen LogP contribution in [0, 0.1) is 23.7 Å². The molecule has 2 saturated carbocycles. The summed E-state index contributed by atoms with van der Waals surface area (Å²) >= 11 is 0. The molecule has 0 aromatic rings. The molecule has 2 rings (SSSR count). The fourth-order valence-electron chi connectivity index (χ4n) is 4.41. The van der Waals surface area contributed by atoms with Gasteiger partial charge in [-0.1, -0.05) is 20.3 Å². The van der Waals surface area contributed by atoms with Crippen molar-refractivity contribution in [2.45, 2.75) is 65.4 Å². The molecule has 1 nitrogen and oxygen atoms in total. The topological polar surface area (TPSA) is 9.23 Å². The summed E-state index contributed by atoms with van der Waals surface area (Å²) < 4.78 is 6.16. The van der Waals surface area contributed by atoms with Crippen molar-refractivity contribution in [2.24, 2.45) is 23.7 Å². The molecule has 0 saturated heterocycles. The van der Waals surface area contributed by atoms with Gasteiger partial charge >= 0.3 is 0 Å². The van der Waals surface area contributed by atoms with E-state index in [0.717, 1.165) is 30.3 Å². The van der Waals surface area contributed by atoms with E-state index < -0.39 is 0 Å². The Morgan fingerprint density at radius 3 is 2.56 bits per heavy atom. The predicted molar refractivity (Wildman–Crippen MR) is 68.4 cm³/mol. The van der Waals surface area contributed by atoms with Gasteiger partial charge in [0, 0.05) is 6.61 Å². The van der Waals surface area contributed by atoms with Crippen molar-refractivity contribution < 1.29 is 4.74 Å². The standard InChI is InChI=1S/C15H28O/c1-5-16-15(4)10-12(3)8-13-7-6-11(2)9-14(13)15/h11-14H,5-10H2,1-4H3. The minimum atomic E-state index is 0.172. The average Bonchev–Trinajstić information content (AvgIpc) is 2.19. The summed E-state index contributed by atoms with van der Waals surface area (Å²) in [6.07, 6.45) is 7.00. The molecule has 0 aliphatic heterocycles. The number of ether oxygens (including phenoxy) is 1. The van der Waals surface area contributed by atoms with Crippen molar-refractivity contribution in [1.29, 1.82) is 0 Å². The summed E-state index contributed by atoms with van der Waals surface area (Å²) in [6.45, 7) is 10.2. The summed E-state index contributed by atoms with van der Waals surface area (Å²) in [6, 6.07) is 0. The number of hydrogen-bond donors (Lipinski definition) is 0. The molecule has 5 atom stereocenters. The quantitative estimate of drug-likeness (QED) is 0.681. The lowest BCUT2D eigenvalue weighted by molar-refractivity contribution is -0.138. The van der Waals surface area contributed by atoms with E-state index in [4.69, 9.17) is 4.74 Å². The number of fused-ring (bicyclic) bond motifs is 1. The Bertz CT molecular complexity index is 238. The highest BCUT2D eigenvalue weighted by atomic mass is 16.5. The van der Waals surface area contributed by atoms with Gasteiger partial charge in [0.25, 0.3) is 0 Å². The highest BCUT2D eigenvalue weighted by molar-refractivity contribution is 4.97. The van der Waals surface area contributed by atoms with Gasteiger partial charge in [0.1, 0.15) is 0 Å². The Hall–Kier alpha value is -0.0400. The van der Waals surface area contributed by atoms with Gasteiger partial charge in [-0.05, 0) is 63.2 Å². The van der Waals surface area contributed by atoms with Crippen LogP contribution in [-0.2, 0) is 4.74 Å². The molecule has 16 heavy (non-hydrogen) atoms. The lowest BCUT2D eigenvalue weighted by Crippen LogP contribution is -2.49. The smallest absolute Gasteiger partial charge is 0.0687 e. The van der Waals surface area contributed by atoms with E-state index in [1.807, 2.05) is 0 Å². The van der Waals surface area contributed by atoms with E-state index in [2.05, 4.69) is 27.7 Å². The van der Waals surface area contributed by atoms with Gasteiger partial charge in [0.05, 0.1) is 5.60 Å². The summed E-state index contributed by atoms with van der Waals surface area (Å²) in [7, 11) is 0. The van der Waals surface area contributed by atoms with Crippen molar-refractivity contribution in [2.75, 3.05) is 6.61 Å².